The van der Waals surface area contributed by atoms with Gasteiger partial charge in [0.25, 0.3) is 10.0 Å². The molecule has 0 bridgehead atoms. The van der Waals surface area contributed by atoms with E-state index in [1.807, 2.05) is 0 Å². The number of anilines is 2. The fourth-order valence-electron chi connectivity index (χ4n) is 6.15. The van der Waals surface area contributed by atoms with Gasteiger partial charge >= 0.3 is 12.2 Å². The van der Waals surface area contributed by atoms with Gasteiger partial charge in [-0.15, -0.1) is 0 Å². The number of sulfonamides is 1. The molecule has 52 heavy (non-hydrogen) atoms. The molecule has 4 N–H and O–H groups in total. The maximum Gasteiger partial charge on any atom is 0.407 e. The van der Waals surface area contributed by atoms with Crippen molar-refractivity contribution in [3.8, 4) is 11.5 Å². The lowest BCUT2D eigenvalue weighted by atomic mass is 9.61. The molecule has 2 amide bonds. The van der Waals surface area contributed by atoms with Crippen molar-refractivity contribution < 1.29 is 46.1 Å². The van der Waals surface area contributed by atoms with Gasteiger partial charge in [0.05, 0.1) is 26.5 Å². The molecule has 0 radical (unpaired) electrons. The molecule has 1 saturated carbocycles. The average molecular weight is 769 g/mol. The Balaban J connectivity index is 1.60. The van der Waals surface area contributed by atoms with Gasteiger partial charge in [-0.1, -0.05) is 6.42 Å². The summed E-state index contributed by atoms with van der Waals surface area (Å²) in [6.45, 7) is 6.97. The maximum absolute atomic E-state index is 15.8. The SMILES string of the molecule is COc1ccc(CN(c2ncns2)S(=O)(=O)c2cc(F)c(NC[C@H](CC3(CCNC(=O)O)CCC3)[C@@H](C)NC(=O)OC(C)(C)C)cc2F)c(OC)c1. The third kappa shape index (κ3) is 10.3. The van der Waals surface area contributed by atoms with E-state index in [4.69, 9.17) is 19.3 Å². The molecular formula is C34H46F2N6O8S2. The van der Waals surface area contributed by atoms with Gasteiger partial charge in [0.1, 0.15) is 40.0 Å². The Morgan fingerprint density at radius 1 is 1.12 bits per heavy atom. The van der Waals surface area contributed by atoms with E-state index >= 15 is 8.78 Å². The molecule has 1 aliphatic rings. The fraction of sp³-hybridized carbons (Fsp3) is 0.529. The number of halogens is 2. The highest BCUT2D eigenvalue weighted by molar-refractivity contribution is 7.93. The van der Waals surface area contributed by atoms with Crippen LogP contribution in [-0.4, -0.2) is 74.0 Å². The van der Waals surface area contributed by atoms with E-state index < -0.39 is 50.4 Å². The number of ether oxygens (including phenoxy) is 3. The number of nitrogens with one attached hydrogen (secondary N) is 3. The van der Waals surface area contributed by atoms with Crippen molar-refractivity contribution in [1.29, 1.82) is 0 Å². The number of benzene rings is 2. The summed E-state index contributed by atoms with van der Waals surface area (Å²) in [5.41, 5.74) is -0.837. The van der Waals surface area contributed by atoms with Gasteiger partial charge < -0.3 is 35.3 Å². The highest BCUT2D eigenvalue weighted by Gasteiger charge is 2.40. The van der Waals surface area contributed by atoms with E-state index in [1.54, 1.807) is 45.9 Å². The smallest absolute Gasteiger partial charge is 0.407 e. The predicted octanol–water partition coefficient (Wildman–Crippen LogP) is 6.39. The van der Waals surface area contributed by atoms with Crippen molar-refractivity contribution in [2.24, 2.45) is 11.3 Å². The van der Waals surface area contributed by atoms with E-state index in [2.05, 4.69) is 25.3 Å². The zero-order valence-electron chi connectivity index (χ0n) is 30.0. The first kappa shape index (κ1) is 40.3. The molecule has 286 valence electrons. The van der Waals surface area contributed by atoms with Crippen LogP contribution in [0.4, 0.5) is 29.2 Å². The molecule has 1 aliphatic carbocycles. The molecule has 14 nitrogen and oxygen atoms in total. The predicted molar refractivity (Wildman–Crippen MR) is 192 cm³/mol. The molecule has 18 heteroatoms. The van der Waals surface area contributed by atoms with Crippen molar-refractivity contribution in [3.05, 3.63) is 53.9 Å². The number of amides is 2. The largest absolute Gasteiger partial charge is 0.497 e. The van der Waals surface area contributed by atoms with Crippen LogP contribution in [0.5, 0.6) is 11.5 Å². The summed E-state index contributed by atoms with van der Waals surface area (Å²) in [5.74, 6) is -1.78. The number of methoxy groups -OCH3 is 2. The second-order valence-corrected chi connectivity index (χ2v) is 16.4. The summed E-state index contributed by atoms with van der Waals surface area (Å²) in [7, 11) is -1.86. The second kappa shape index (κ2) is 16.9. The van der Waals surface area contributed by atoms with Gasteiger partial charge in [0.15, 0.2) is 0 Å². The number of carbonyl (C=O) groups excluding carboxylic acids is 1. The number of carboxylic acid groups (broad SMARTS) is 1. The third-order valence-electron chi connectivity index (χ3n) is 9.01. The fourth-order valence-corrected chi connectivity index (χ4v) is 8.34. The van der Waals surface area contributed by atoms with Gasteiger partial charge in [-0.2, -0.15) is 4.37 Å². The van der Waals surface area contributed by atoms with Crippen LogP contribution in [0.2, 0.25) is 0 Å². The lowest BCUT2D eigenvalue weighted by Crippen LogP contribution is -2.46. The minimum atomic E-state index is -4.74. The normalized spacial score (nSPS) is 15.1. The van der Waals surface area contributed by atoms with Crippen molar-refractivity contribution in [2.45, 2.75) is 82.9 Å². The maximum atomic E-state index is 15.8. The Bertz CT molecular complexity index is 1800. The number of alkyl carbamates (subject to hydrolysis) is 1. The number of aromatic nitrogens is 2. The standard InChI is InChI=1S/C34H46F2N6O8S2/c1-21(41-32(45)50-33(2,3)4)23(17-34(10-7-11-34)12-13-37-31(43)44)18-38-27-15-26(36)29(16-25(27)35)52(46,47)42(30-39-20-40-51-30)19-22-8-9-24(48-5)14-28(22)49-6/h8-9,14-16,20-21,23,37-38H,7,10-13,17-19H2,1-6H3,(H,41,45)(H,43,44)/t21-,23+/m1/s1. The van der Waals surface area contributed by atoms with Crippen LogP contribution in [0.15, 0.2) is 41.6 Å². The molecule has 2 aromatic carbocycles. The summed E-state index contributed by atoms with van der Waals surface area (Å²) in [4.78, 5) is 26.9. The van der Waals surface area contributed by atoms with E-state index in [1.165, 1.54) is 14.2 Å². The van der Waals surface area contributed by atoms with E-state index in [9.17, 15) is 18.0 Å². The topological polar surface area (TPSA) is 181 Å². The molecule has 1 fully saturated rings. The summed E-state index contributed by atoms with van der Waals surface area (Å²) >= 11 is 0.764. The number of nitrogens with zero attached hydrogens (tertiary/aromatic N) is 3. The molecule has 4 rings (SSSR count). The Kier molecular flexibility index (Phi) is 13.1. The highest BCUT2D eigenvalue weighted by atomic mass is 32.2. The zero-order chi connectivity index (χ0) is 38.3. The molecule has 1 aromatic heterocycles. The summed E-state index contributed by atoms with van der Waals surface area (Å²) in [6, 6.07) is 5.69. The lowest BCUT2D eigenvalue weighted by Gasteiger charge is -2.45. The van der Waals surface area contributed by atoms with Gasteiger partial charge in [-0.05, 0) is 82.9 Å². The number of hydrogen-bond donors (Lipinski definition) is 4. The third-order valence-corrected chi connectivity index (χ3v) is 11.6. The first-order chi connectivity index (χ1) is 24.5. The van der Waals surface area contributed by atoms with Crippen LogP contribution in [-0.2, 0) is 21.3 Å². The Labute approximate surface area is 306 Å². The molecule has 1 heterocycles. The average Bonchev–Trinajstić information content (AvgIpc) is 3.58. The number of carbonyl (C=O) groups is 2. The minimum absolute atomic E-state index is 0.0711. The van der Waals surface area contributed by atoms with E-state index in [-0.39, 0.29) is 41.8 Å². The summed E-state index contributed by atoms with van der Waals surface area (Å²) in [6.07, 6.45) is 3.14. The highest BCUT2D eigenvalue weighted by Crippen LogP contribution is 2.49. The first-order valence-corrected chi connectivity index (χ1v) is 18.9. The van der Waals surface area contributed by atoms with Crippen molar-refractivity contribution in [1.82, 2.24) is 20.0 Å². The molecule has 2 atom stereocenters. The zero-order valence-corrected chi connectivity index (χ0v) is 31.6. The molecule has 0 unspecified atom stereocenters. The van der Waals surface area contributed by atoms with Crippen LogP contribution in [0.3, 0.4) is 0 Å². The molecule has 0 saturated heterocycles. The van der Waals surface area contributed by atoms with Crippen LogP contribution < -0.4 is 29.7 Å². The first-order valence-electron chi connectivity index (χ1n) is 16.7. The monoisotopic (exact) mass is 768 g/mol. The number of hydrogen-bond acceptors (Lipinski definition) is 11. The molecule has 3 aromatic rings. The summed E-state index contributed by atoms with van der Waals surface area (Å²) < 4.78 is 80.4. The Morgan fingerprint density at radius 2 is 1.85 bits per heavy atom. The van der Waals surface area contributed by atoms with Gasteiger partial charge in [-0.25, -0.2) is 36.1 Å². The van der Waals surface area contributed by atoms with E-state index in [0.29, 0.717) is 36.0 Å². The quantitative estimate of drug-likeness (QED) is 0.120. The van der Waals surface area contributed by atoms with Crippen LogP contribution in [0.1, 0.15) is 65.4 Å². The second-order valence-electron chi connectivity index (χ2n) is 13.8. The van der Waals surface area contributed by atoms with Crippen molar-refractivity contribution in [2.75, 3.05) is 36.9 Å². The Morgan fingerprint density at radius 3 is 2.42 bits per heavy atom. The van der Waals surface area contributed by atoms with Crippen molar-refractivity contribution in [3.63, 3.8) is 0 Å². The molecular weight excluding hydrogens is 723 g/mol. The van der Waals surface area contributed by atoms with Gasteiger partial charge in [0, 0.05) is 48.4 Å². The van der Waals surface area contributed by atoms with Crippen LogP contribution in [0.25, 0.3) is 0 Å². The van der Waals surface area contributed by atoms with Crippen LogP contribution >= 0.6 is 11.5 Å². The summed E-state index contributed by atoms with van der Waals surface area (Å²) in [5, 5.41) is 17.2. The van der Waals surface area contributed by atoms with E-state index in [0.717, 1.165) is 47.5 Å². The number of rotatable bonds is 17. The lowest BCUT2D eigenvalue weighted by molar-refractivity contribution is 0.0437. The van der Waals surface area contributed by atoms with Crippen molar-refractivity contribution >= 4 is 44.6 Å². The minimum Gasteiger partial charge on any atom is -0.497 e. The molecule has 0 spiro atoms. The van der Waals surface area contributed by atoms with Gasteiger partial charge in [-0.3, -0.25) is 0 Å². The molecule has 0 aliphatic heterocycles. The van der Waals surface area contributed by atoms with Gasteiger partial charge in [0.2, 0.25) is 5.13 Å². The van der Waals surface area contributed by atoms with Crippen LogP contribution in [0, 0.1) is 23.0 Å². The Hall–Kier alpha value is -4.45.